The molecule has 0 unspecified atom stereocenters. The molecule has 1 fully saturated rings. The molecule has 2 aliphatic rings. The number of nitrogens with zero attached hydrogens (tertiary/aromatic N) is 3. The number of carboxylic acids is 2. The van der Waals surface area contributed by atoms with Crippen LogP contribution in [0.4, 0.5) is 0 Å². The second-order valence-corrected chi connectivity index (χ2v) is 9.94. The Morgan fingerprint density at radius 3 is 2.14 bits per heavy atom. The number of rotatable bonds is 7. The third-order valence-corrected chi connectivity index (χ3v) is 7.26. The molecule has 3 rings (SSSR count). The van der Waals surface area contributed by atoms with Crippen molar-refractivity contribution in [2.75, 3.05) is 39.3 Å². The highest BCUT2D eigenvalue weighted by Gasteiger charge is 2.27. The molecule has 1 aliphatic carbocycles. The van der Waals surface area contributed by atoms with E-state index >= 15 is 0 Å². The van der Waals surface area contributed by atoms with E-state index in [2.05, 4.69) is 11.0 Å². The number of aliphatic carboxylic acids is 2. The Kier molecular flexibility index (Phi) is 11.1. The second-order valence-electron chi connectivity index (χ2n) is 8.12. The van der Waals surface area contributed by atoms with E-state index in [0.29, 0.717) is 39.3 Å². The molecule has 10 nitrogen and oxygen atoms in total. The average molecular weight is 508 g/mol. The van der Waals surface area contributed by atoms with E-state index < -0.39 is 22.0 Å². The van der Waals surface area contributed by atoms with Crippen LogP contribution in [0, 0.1) is 0 Å². The quantitative estimate of drug-likeness (QED) is 0.536. The van der Waals surface area contributed by atoms with Crippen LogP contribution in [0.25, 0.3) is 6.08 Å². The first-order valence-electron chi connectivity index (χ1n) is 11.5. The predicted octanol–water partition coefficient (Wildman–Crippen LogP) is 2.07. The Morgan fingerprint density at radius 1 is 1.00 bits per heavy atom. The van der Waals surface area contributed by atoms with Crippen LogP contribution in [0.1, 0.15) is 38.2 Å². The standard InChI is InChI=1S/C22H31N3O3S.C2H2O4/c1-2-25(21-11-7-4-8-12-21)22(26)19-23-14-16-24(17-15-23)29(27,28)18-13-20-9-5-3-6-10-20;3-1(4)2(5)6/h3,5-6,9-11,13,18H,2,4,7-8,12,14-17,19H2,1H3;(H,3,4)(H,5,6). The van der Waals surface area contributed by atoms with E-state index in [4.69, 9.17) is 19.8 Å². The summed E-state index contributed by atoms with van der Waals surface area (Å²) in [5.74, 6) is -3.54. The van der Waals surface area contributed by atoms with Crippen molar-refractivity contribution in [3.63, 3.8) is 0 Å². The summed E-state index contributed by atoms with van der Waals surface area (Å²) in [6, 6.07) is 9.40. The van der Waals surface area contributed by atoms with E-state index in [-0.39, 0.29) is 5.91 Å². The topological polar surface area (TPSA) is 136 Å². The van der Waals surface area contributed by atoms with Gasteiger partial charge < -0.3 is 15.1 Å². The van der Waals surface area contributed by atoms with E-state index in [0.717, 1.165) is 30.5 Å². The van der Waals surface area contributed by atoms with Gasteiger partial charge in [-0.25, -0.2) is 18.0 Å². The van der Waals surface area contributed by atoms with Gasteiger partial charge in [-0.1, -0.05) is 36.4 Å². The fourth-order valence-electron chi connectivity index (χ4n) is 3.84. The van der Waals surface area contributed by atoms with E-state index in [1.165, 1.54) is 16.1 Å². The van der Waals surface area contributed by atoms with E-state index in [9.17, 15) is 13.2 Å². The van der Waals surface area contributed by atoms with Crippen LogP contribution < -0.4 is 0 Å². The number of likely N-dealkylation sites (N-methyl/N-ethyl adjacent to an activating group) is 1. The minimum Gasteiger partial charge on any atom is -0.473 e. The van der Waals surface area contributed by atoms with Crippen molar-refractivity contribution in [1.82, 2.24) is 14.1 Å². The van der Waals surface area contributed by atoms with E-state index in [1.54, 1.807) is 6.08 Å². The summed E-state index contributed by atoms with van der Waals surface area (Å²) in [6.45, 7) is 4.99. The molecular weight excluding hydrogens is 474 g/mol. The smallest absolute Gasteiger partial charge is 0.414 e. The van der Waals surface area contributed by atoms with Gasteiger partial charge in [0.2, 0.25) is 15.9 Å². The van der Waals surface area contributed by atoms with Crippen molar-refractivity contribution in [2.24, 2.45) is 0 Å². The van der Waals surface area contributed by atoms with Crippen molar-refractivity contribution < 1.29 is 33.0 Å². The average Bonchev–Trinajstić information content (AvgIpc) is 2.85. The first-order valence-corrected chi connectivity index (χ1v) is 13.1. The van der Waals surface area contributed by atoms with Crippen molar-refractivity contribution in [3.05, 3.63) is 53.1 Å². The number of carboxylic acid groups (broad SMARTS) is 2. The fraction of sp³-hybridized carbons (Fsp3) is 0.458. The van der Waals surface area contributed by atoms with Crippen LogP contribution in [0.5, 0.6) is 0 Å². The van der Waals surface area contributed by atoms with Crippen LogP contribution in [-0.2, 0) is 24.4 Å². The summed E-state index contributed by atoms with van der Waals surface area (Å²) in [4.78, 5) is 34.9. The van der Waals surface area contributed by atoms with Gasteiger partial charge in [0, 0.05) is 43.8 Å². The van der Waals surface area contributed by atoms with Gasteiger partial charge in [-0.15, -0.1) is 0 Å². The van der Waals surface area contributed by atoms with Gasteiger partial charge in [-0.05, 0) is 44.2 Å². The molecule has 1 aromatic rings. The predicted molar refractivity (Wildman–Crippen MR) is 132 cm³/mol. The molecule has 1 aromatic carbocycles. The summed E-state index contributed by atoms with van der Waals surface area (Å²) in [5.41, 5.74) is 2.01. The molecule has 0 atom stereocenters. The Hall–Kier alpha value is -3.02. The molecule has 0 spiro atoms. The zero-order valence-electron chi connectivity index (χ0n) is 19.9. The first-order chi connectivity index (χ1) is 16.6. The van der Waals surface area contributed by atoms with Crippen molar-refractivity contribution >= 4 is 33.9 Å². The maximum atomic E-state index is 12.8. The molecule has 35 heavy (non-hydrogen) atoms. The zero-order valence-corrected chi connectivity index (χ0v) is 20.7. The van der Waals surface area contributed by atoms with Crippen molar-refractivity contribution in [2.45, 2.75) is 32.6 Å². The monoisotopic (exact) mass is 507 g/mol. The number of amides is 1. The van der Waals surface area contributed by atoms with Crippen LogP contribution in [-0.4, -0.2) is 89.9 Å². The molecule has 0 saturated carbocycles. The largest absolute Gasteiger partial charge is 0.473 e. The molecule has 2 N–H and O–H groups in total. The minimum absolute atomic E-state index is 0.112. The molecule has 0 aromatic heterocycles. The lowest BCUT2D eigenvalue weighted by Gasteiger charge is -2.34. The first kappa shape index (κ1) is 28.2. The summed E-state index contributed by atoms with van der Waals surface area (Å²) >= 11 is 0. The molecule has 192 valence electrons. The summed E-state index contributed by atoms with van der Waals surface area (Å²) in [6.07, 6.45) is 8.18. The fourth-order valence-corrected chi connectivity index (χ4v) is 5.01. The Morgan fingerprint density at radius 2 is 1.63 bits per heavy atom. The van der Waals surface area contributed by atoms with Crippen LogP contribution in [0.2, 0.25) is 0 Å². The third kappa shape index (κ3) is 9.27. The SMILES string of the molecule is CCN(C(=O)CN1CCN(S(=O)(=O)C=Cc2ccccc2)CC1)C1=CCCCC1.O=C(O)C(=O)O. The lowest BCUT2D eigenvalue weighted by Crippen LogP contribution is -2.51. The van der Waals surface area contributed by atoms with Gasteiger partial charge in [-0.2, -0.15) is 4.31 Å². The molecule has 1 amide bonds. The summed E-state index contributed by atoms with van der Waals surface area (Å²) in [7, 11) is -3.45. The third-order valence-electron chi connectivity index (χ3n) is 5.70. The highest BCUT2D eigenvalue weighted by atomic mass is 32.2. The number of sulfonamides is 1. The maximum Gasteiger partial charge on any atom is 0.414 e. The van der Waals surface area contributed by atoms with Crippen LogP contribution in [0.15, 0.2) is 47.5 Å². The molecule has 0 radical (unpaired) electrons. The molecule has 11 heteroatoms. The normalized spacial score (nSPS) is 17.2. The zero-order chi connectivity index (χ0) is 25.8. The van der Waals surface area contributed by atoms with Gasteiger partial charge in [0.25, 0.3) is 0 Å². The van der Waals surface area contributed by atoms with Gasteiger partial charge in [0.1, 0.15) is 0 Å². The molecule has 1 aliphatic heterocycles. The Labute approximate surface area is 206 Å². The Balaban J connectivity index is 0.000000641. The Bertz CT molecular complexity index is 1020. The number of piperazine rings is 1. The highest BCUT2D eigenvalue weighted by Crippen LogP contribution is 2.21. The summed E-state index contributed by atoms with van der Waals surface area (Å²) in [5, 5.41) is 16.1. The maximum absolute atomic E-state index is 12.8. The van der Waals surface area contributed by atoms with Gasteiger partial charge in [-0.3, -0.25) is 9.69 Å². The summed E-state index contributed by atoms with van der Waals surface area (Å²) < 4.78 is 26.7. The van der Waals surface area contributed by atoms with Crippen molar-refractivity contribution in [3.8, 4) is 0 Å². The molecule has 1 heterocycles. The van der Waals surface area contributed by atoms with Gasteiger partial charge in [0.15, 0.2) is 0 Å². The van der Waals surface area contributed by atoms with Gasteiger partial charge >= 0.3 is 11.9 Å². The number of hydrogen-bond donors (Lipinski definition) is 2. The minimum atomic E-state index is -3.45. The van der Waals surface area contributed by atoms with Crippen LogP contribution >= 0.6 is 0 Å². The second kappa shape index (κ2) is 13.8. The number of carbonyl (C=O) groups excluding carboxylic acids is 1. The van der Waals surface area contributed by atoms with Crippen LogP contribution in [0.3, 0.4) is 0 Å². The van der Waals surface area contributed by atoms with E-state index in [1.807, 2.05) is 42.2 Å². The number of hydrogen-bond acceptors (Lipinski definition) is 6. The highest BCUT2D eigenvalue weighted by molar-refractivity contribution is 7.92. The lowest BCUT2D eigenvalue weighted by atomic mass is 10.0. The molecule has 1 saturated heterocycles. The molecular formula is C24H33N3O7S. The molecule has 0 bridgehead atoms. The van der Waals surface area contributed by atoms with Gasteiger partial charge in [0.05, 0.1) is 6.54 Å². The number of allylic oxidation sites excluding steroid dienone is 2. The lowest BCUT2D eigenvalue weighted by molar-refractivity contribution is -0.159. The number of benzene rings is 1. The van der Waals surface area contributed by atoms with Crippen molar-refractivity contribution in [1.29, 1.82) is 0 Å². The number of carbonyl (C=O) groups is 3.